The van der Waals surface area contributed by atoms with Gasteiger partial charge in [0.25, 0.3) is 0 Å². The molecule has 0 bridgehead atoms. The number of pyridine rings is 1. The molecule has 1 heterocycles. The molecule has 0 aliphatic heterocycles. The molecule has 1 amide bonds. The Hall–Kier alpha value is -1.82. The van der Waals surface area contributed by atoms with Gasteiger partial charge in [-0.15, -0.1) is 24.8 Å². The maximum atomic E-state index is 11.9. The Morgan fingerprint density at radius 1 is 1.00 bits per heavy atom. The van der Waals surface area contributed by atoms with Crippen molar-refractivity contribution in [2.45, 2.75) is 25.3 Å². The number of nitrogens with two attached hydrogens (primary N) is 1. The first kappa shape index (κ1) is 23.2. The van der Waals surface area contributed by atoms with Crippen LogP contribution in [-0.4, -0.2) is 24.0 Å². The fraction of sp³-hybridized carbons (Fsp3) is 0.333. The highest BCUT2D eigenvalue weighted by atomic mass is 35.5. The summed E-state index contributed by atoms with van der Waals surface area (Å²) >= 11 is 0. The third-order valence-electron chi connectivity index (χ3n) is 3.53. The molecule has 5 nitrogen and oxygen atoms in total. The predicted molar refractivity (Wildman–Crippen MR) is 107 cm³/mol. The number of carbonyl (C=O) groups excluding carboxylic acids is 1. The molecule has 2 aromatic rings. The Balaban J connectivity index is 0.00000288. The van der Waals surface area contributed by atoms with Crippen molar-refractivity contribution in [1.82, 2.24) is 10.3 Å². The summed E-state index contributed by atoms with van der Waals surface area (Å²) in [5, 5.41) is 6.16. The summed E-state index contributed by atoms with van der Waals surface area (Å²) in [5.41, 5.74) is 7.02. The van der Waals surface area contributed by atoms with Crippen LogP contribution in [0, 0.1) is 0 Å². The van der Waals surface area contributed by atoms with Gasteiger partial charge in [-0.3, -0.25) is 4.79 Å². The lowest BCUT2D eigenvalue weighted by molar-refractivity contribution is -0.121. The highest BCUT2D eigenvalue weighted by Gasteiger charge is 2.10. The topological polar surface area (TPSA) is 80.0 Å². The number of benzene rings is 1. The van der Waals surface area contributed by atoms with Gasteiger partial charge >= 0.3 is 0 Å². The highest BCUT2D eigenvalue weighted by Crippen LogP contribution is 2.12. The first-order valence-electron chi connectivity index (χ1n) is 7.98. The van der Waals surface area contributed by atoms with Crippen molar-refractivity contribution in [3.05, 3.63) is 60.3 Å². The SMILES string of the molecule is Cl.Cl.NC(CC(=O)NCCCCNc1ccccn1)c1ccccc1. The van der Waals surface area contributed by atoms with Crippen LogP contribution in [-0.2, 0) is 4.79 Å². The number of unbranched alkanes of at least 4 members (excludes halogenated alkanes) is 1. The van der Waals surface area contributed by atoms with Crippen LogP contribution in [0.1, 0.15) is 30.9 Å². The fourth-order valence-corrected chi connectivity index (χ4v) is 2.25. The van der Waals surface area contributed by atoms with E-state index in [1.54, 1.807) is 6.20 Å². The smallest absolute Gasteiger partial charge is 0.221 e. The first-order valence-corrected chi connectivity index (χ1v) is 7.98. The number of carbonyl (C=O) groups is 1. The van der Waals surface area contributed by atoms with Crippen LogP contribution >= 0.6 is 24.8 Å². The van der Waals surface area contributed by atoms with Gasteiger partial charge in [0.15, 0.2) is 0 Å². The van der Waals surface area contributed by atoms with E-state index in [-0.39, 0.29) is 36.8 Å². The molecule has 1 aromatic carbocycles. The Kier molecular flexibility index (Phi) is 12.5. The van der Waals surface area contributed by atoms with Crippen molar-refractivity contribution in [3.63, 3.8) is 0 Å². The van der Waals surface area contributed by atoms with Gasteiger partial charge in [-0.05, 0) is 30.5 Å². The van der Waals surface area contributed by atoms with Gasteiger partial charge in [0.1, 0.15) is 5.82 Å². The number of hydrogen-bond donors (Lipinski definition) is 3. The molecular weight excluding hydrogens is 359 g/mol. The largest absolute Gasteiger partial charge is 0.370 e. The molecule has 138 valence electrons. The predicted octanol–water partition coefficient (Wildman–Crippen LogP) is 3.32. The molecule has 0 spiro atoms. The minimum atomic E-state index is -0.248. The molecule has 7 heteroatoms. The molecule has 1 unspecified atom stereocenters. The van der Waals surface area contributed by atoms with Gasteiger partial charge in [0.2, 0.25) is 5.91 Å². The maximum absolute atomic E-state index is 11.9. The number of anilines is 1. The quantitative estimate of drug-likeness (QED) is 0.579. The lowest BCUT2D eigenvalue weighted by Crippen LogP contribution is -2.28. The third-order valence-corrected chi connectivity index (χ3v) is 3.53. The lowest BCUT2D eigenvalue weighted by atomic mass is 10.0. The molecule has 4 N–H and O–H groups in total. The van der Waals surface area contributed by atoms with Crippen molar-refractivity contribution in [1.29, 1.82) is 0 Å². The second kappa shape index (κ2) is 13.5. The zero-order chi connectivity index (χ0) is 16.3. The van der Waals surface area contributed by atoms with Crippen LogP contribution in [0.5, 0.6) is 0 Å². The summed E-state index contributed by atoms with van der Waals surface area (Å²) in [7, 11) is 0. The summed E-state index contributed by atoms with van der Waals surface area (Å²) < 4.78 is 0. The number of halogens is 2. The normalized spacial score (nSPS) is 10.8. The number of aromatic nitrogens is 1. The van der Waals surface area contributed by atoms with Gasteiger partial charge in [-0.25, -0.2) is 4.98 Å². The second-order valence-corrected chi connectivity index (χ2v) is 5.42. The standard InChI is InChI=1S/C18H24N4O.2ClH/c19-16(15-8-2-1-3-9-15)14-18(23)22-13-7-6-12-21-17-10-4-5-11-20-17;;/h1-5,8-11,16H,6-7,12-14,19H2,(H,20,21)(H,22,23);2*1H. The number of nitrogens with one attached hydrogen (secondary N) is 2. The minimum absolute atomic E-state index is 0. The number of rotatable bonds is 9. The molecule has 0 aliphatic carbocycles. The Bertz CT molecular complexity index is 584. The van der Waals surface area contributed by atoms with Crippen LogP contribution < -0.4 is 16.4 Å². The number of amides is 1. The van der Waals surface area contributed by atoms with Crippen LogP contribution in [0.4, 0.5) is 5.82 Å². The van der Waals surface area contributed by atoms with Crippen molar-refractivity contribution >= 4 is 36.5 Å². The summed E-state index contributed by atoms with van der Waals surface area (Å²) in [6.07, 6.45) is 3.97. The number of nitrogens with zero attached hydrogens (tertiary/aromatic N) is 1. The first-order chi connectivity index (χ1) is 11.3. The number of hydrogen-bond acceptors (Lipinski definition) is 4. The van der Waals surface area contributed by atoms with Gasteiger partial charge < -0.3 is 16.4 Å². The molecular formula is C18H26Cl2N4O. The molecule has 0 aliphatic rings. The fourth-order valence-electron chi connectivity index (χ4n) is 2.25. The molecule has 1 aromatic heterocycles. The Labute approximate surface area is 161 Å². The molecule has 0 saturated carbocycles. The zero-order valence-corrected chi connectivity index (χ0v) is 15.7. The van der Waals surface area contributed by atoms with E-state index < -0.39 is 0 Å². The van der Waals surface area contributed by atoms with Gasteiger partial charge in [-0.2, -0.15) is 0 Å². The highest BCUT2D eigenvalue weighted by molar-refractivity contribution is 5.85. The summed E-state index contributed by atoms with van der Waals surface area (Å²) in [5.74, 6) is 0.879. The Morgan fingerprint density at radius 3 is 2.36 bits per heavy atom. The molecule has 2 rings (SSSR count). The Morgan fingerprint density at radius 2 is 1.68 bits per heavy atom. The molecule has 25 heavy (non-hydrogen) atoms. The molecule has 1 atom stereocenters. The molecule has 0 saturated heterocycles. The third kappa shape index (κ3) is 9.29. The van der Waals surface area contributed by atoms with E-state index in [2.05, 4.69) is 15.6 Å². The van der Waals surface area contributed by atoms with E-state index in [1.807, 2.05) is 48.5 Å². The maximum Gasteiger partial charge on any atom is 0.221 e. The van der Waals surface area contributed by atoms with E-state index in [0.29, 0.717) is 13.0 Å². The van der Waals surface area contributed by atoms with Gasteiger partial charge in [-0.1, -0.05) is 36.4 Å². The monoisotopic (exact) mass is 384 g/mol. The lowest BCUT2D eigenvalue weighted by Gasteiger charge is -2.12. The van der Waals surface area contributed by atoms with E-state index in [4.69, 9.17) is 5.73 Å². The van der Waals surface area contributed by atoms with Crippen molar-refractivity contribution in [3.8, 4) is 0 Å². The summed E-state index contributed by atoms with van der Waals surface area (Å²) in [4.78, 5) is 16.1. The average Bonchev–Trinajstić information content (AvgIpc) is 2.59. The van der Waals surface area contributed by atoms with Crippen molar-refractivity contribution < 1.29 is 4.79 Å². The van der Waals surface area contributed by atoms with E-state index in [1.165, 1.54) is 0 Å². The molecule has 0 fully saturated rings. The van der Waals surface area contributed by atoms with Gasteiger partial charge in [0, 0.05) is 31.7 Å². The van der Waals surface area contributed by atoms with Crippen molar-refractivity contribution in [2.75, 3.05) is 18.4 Å². The van der Waals surface area contributed by atoms with Crippen molar-refractivity contribution in [2.24, 2.45) is 5.73 Å². The van der Waals surface area contributed by atoms with Crippen LogP contribution in [0.2, 0.25) is 0 Å². The van der Waals surface area contributed by atoms with Crippen LogP contribution in [0.25, 0.3) is 0 Å². The van der Waals surface area contributed by atoms with E-state index >= 15 is 0 Å². The van der Waals surface area contributed by atoms with E-state index in [9.17, 15) is 4.79 Å². The molecule has 0 radical (unpaired) electrons. The van der Waals surface area contributed by atoms with Gasteiger partial charge in [0.05, 0.1) is 0 Å². The summed E-state index contributed by atoms with van der Waals surface area (Å²) in [6.45, 7) is 1.51. The zero-order valence-electron chi connectivity index (χ0n) is 14.1. The minimum Gasteiger partial charge on any atom is -0.370 e. The van der Waals surface area contributed by atoms with Crippen LogP contribution in [0.3, 0.4) is 0 Å². The second-order valence-electron chi connectivity index (χ2n) is 5.42. The average molecular weight is 385 g/mol. The van der Waals surface area contributed by atoms with Crippen LogP contribution in [0.15, 0.2) is 54.7 Å². The van der Waals surface area contributed by atoms with E-state index in [0.717, 1.165) is 30.8 Å². The summed E-state index contributed by atoms with van der Waals surface area (Å²) in [6, 6.07) is 15.2.